The number of aromatic amines is 1. The second-order valence-electron chi connectivity index (χ2n) is 5.65. The topological polar surface area (TPSA) is 92.5 Å². The van der Waals surface area contributed by atoms with Crippen LogP contribution in [0.3, 0.4) is 0 Å². The molecule has 0 aliphatic rings. The van der Waals surface area contributed by atoms with E-state index in [2.05, 4.69) is 49.9 Å². The molecule has 0 bridgehead atoms. The minimum Gasteiger partial charge on any atom is -0.390 e. The smallest absolute Gasteiger partial charge is 0.205 e. The van der Waals surface area contributed by atoms with Crippen molar-refractivity contribution in [2.24, 2.45) is 0 Å². The van der Waals surface area contributed by atoms with Gasteiger partial charge in [-0.2, -0.15) is 5.21 Å². The van der Waals surface area contributed by atoms with Crippen LogP contribution in [-0.4, -0.2) is 86.7 Å². The summed E-state index contributed by atoms with van der Waals surface area (Å²) in [5.74, 6) is 0.575. The third kappa shape index (κ3) is 4.01. The van der Waals surface area contributed by atoms with Crippen LogP contribution in [0.15, 0.2) is 61.1 Å². The standard InChI is InChI=1S/C18H16N6O.K/c25-11-15-9-19-12-24(15)10-13-5-7-14(8-6-13)16-3-1-2-4-17(16)18-20-22-23-21-18;/h1-9,12,25H,10-11H2,(H,20,21,22,23);. The maximum Gasteiger partial charge on any atom is 0.205 e. The van der Waals surface area contributed by atoms with Crippen molar-refractivity contribution < 1.29 is 5.11 Å². The molecule has 0 fully saturated rings. The van der Waals surface area contributed by atoms with Gasteiger partial charge >= 0.3 is 0 Å². The number of nitrogens with zero attached hydrogens (tertiary/aromatic N) is 5. The zero-order valence-corrected chi connectivity index (χ0v) is 17.5. The number of tetrazole rings is 1. The number of nitrogens with one attached hydrogen (secondary N) is 1. The molecule has 0 spiro atoms. The average Bonchev–Trinajstić information content (AvgIpc) is 3.34. The summed E-state index contributed by atoms with van der Waals surface area (Å²) in [7, 11) is 0. The van der Waals surface area contributed by atoms with Gasteiger partial charge in [0.25, 0.3) is 0 Å². The van der Waals surface area contributed by atoms with Crippen molar-refractivity contribution in [1.29, 1.82) is 0 Å². The van der Waals surface area contributed by atoms with E-state index in [9.17, 15) is 5.11 Å². The fourth-order valence-corrected chi connectivity index (χ4v) is 2.81. The fraction of sp³-hybridized carbons (Fsp3) is 0.111. The average molecular weight is 371 g/mol. The Balaban J connectivity index is 0.00000196. The Morgan fingerprint density at radius 3 is 2.46 bits per heavy atom. The van der Waals surface area contributed by atoms with Crippen molar-refractivity contribution in [2.45, 2.75) is 13.2 Å². The number of hydrogen-bond donors (Lipinski definition) is 2. The van der Waals surface area contributed by atoms with Crippen LogP contribution in [0.1, 0.15) is 11.3 Å². The molecule has 4 aromatic rings. The quantitative estimate of drug-likeness (QED) is 0.523. The number of hydrogen-bond acceptors (Lipinski definition) is 5. The van der Waals surface area contributed by atoms with E-state index in [1.54, 1.807) is 12.5 Å². The van der Waals surface area contributed by atoms with E-state index in [0.29, 0.717) is 12.4 Å². The third-order valence-corrected chi connectivity index (χ3v) is 4.09. The minimum atomic E-state index is -0.0177. The minimum absolute atomic E-state index is 0. The first-order valence-electron chi connectivity index (χ1n) is 7.87. The Labute approximate surface area is 192 Å². The molecule has 0 amide bonds. The van der Waals surface area contributed by atoms with Crippen molar-refractivity contribution in [3.8, 4) is 22.5 Å². The van der Waals surface area contributed by atoms with Crippen LogP contribution in [0.4, 0.5) is 0 Å². The number of aliphatic hydroxyl groups excluding tert-OH is 1. The molecule has 0 aliphatic carbocycles. The molecule has 125 valence electrons. The molecule has 1 radical (unpaired) electrons. The molecule has 26 heavy (non-hydrogen) atoms. The number of aliphatic hydroxyl groups is 1. The van der Waals surface area contributed by atoms with Crippen LogP contribution in [0.2, 0.25) is 0 Å². The van der Waals surface area contributed by atoms with E-state index in [0.717, 1.165) is 27.9 Å². The van der Waals surface area contributed by atoms with Crippen LogP contribution in [0.25, 0.3) is 22.5 Å². The van der Waals surface area contributed by atoms with Crippen molar-refractivity contribution in [3.63, 3.8) is 0 Å². The van der Waals surface area contributed by atoms with Crippen molar-refractivity contribution in [1.82, 2.24) is 30.2 Å². The number of imidazole rings is 1. The Morgan fingerprint density at radius 2 is 1.77 bits per heavy atom. The van der Waals surface area contributed by atoms with Gasteiger partial charge in [-0.3, -0.25) is 0 Å². The molecule has 0 aliphatic heterocycles. The predicted molar refractivity (Wildman–Crippen MR) is 98.1 cm³/mol. The molecule has 2 aromatic heterocycles. The first-order valence-corrected chi connectivity index (χ1v) is 7.87. The maximum atomic E-state index is 9.32. The molecule has 0 saturated carbocycles. The molecule has 2 N–H and O–H groups in total. The van der Waals surface area contributed by atoms with Crippen LogP contribution >= 0.6 is 0 Å². The van der Waals surface area contributed by atoms with Crippen LogP contribution in [0.5, 0.6) is 0 Å². The first-order chi connectivity index (χ1) is 12.3. The second-order valence-corrected chi connectivity index (χ2v) is 5.65. The fourth-order valence-electron chi connectivity index (χ4n) is 2.81. The molecule has 8 heteroatoms. The number of rotatable bonds is 5. The first kappa shape index (κ1) is 19.1. The number of benzene rings is 2. The van der Waals surface area contributed by atoms with E-state index in [4.69, 9.17) is 0 Å². The Morgan fingerprint density at radius 1 is 1.00 bits per heavy atom. The molecule has 0 unspecified atom stereocenters. The van der Waals surface area contributed by atoms with Crippen molar-refractivity contribution in [2.75, 3.05) is 0 Å². The van der Waals surface area contributed by atoms with E-state index in [-0.39, 0.29) is 58.0 Å². The van der Waals surface area contributed by atoms with E-state index >= 15 is 0 Å². The Kier molecular flexibility index (Phi) is 6.46. The molecular formula is C18H16KN6O. The van der Waals surface area contributed by atoms with Gasteiger partial charge in [-0.05, 0) is 21.9 Å². The number of H-pyrrole nitrogens is 1. The zero-order chi connectivity index (χ0) is 17.1. The van der Waals surface area contributed by atoms with Crippen LogP contribution in [0, 0.1) is 0 Å². The van der Waals surface area contributed by atoms with Gasteiger partial charge in [0, 0.05) is 63.5 Å². The van der Waals surface area contributed by atoms with Crippen LogP contribution < -0.4 is 0 Å². The van der Waals surface area contributed by atoms with Gasteiger partial charge in [-0.15, -0.1) is 10.2 Å². The van der Waals surface area contributed by atoms with Crippen molar-refractivity contribution >= 4 is 51.4 Å². The van der Waals surface area contributed by atoms with Gasteiger partial charge in [0.15, 0.2) is 0 Å². The second kappa shape index (κ2) is 8.80. The summed E-state index contributed by atoms with van der Waals surface area (Å²) in [5, 5.41) is 23.6. The monoisotopic (exact) mass is 371 g/mol. The largest absolute Gasteiger partial charge is 0.390 e. The van der Waals surface area contributed by atoms with E-state index in [1.807, 2.05) is 28.8 Å². The normalized spacial score (nSPS) is 10.5. The molecule has 7 nitrogen and oxygen atoms in total. The van der Waals surface area contributed by atoms with E-state index < -0.39 is 0 Å². The van der Waals surface area contributed by atoms with Gasteiger partial charge < -0.3 is 9.67 Å². The predicted octanol–water partition coefficient (Wildman–Crippen LogP) is 1.89. The van der Waals surface area contributed by atoms with Crippen molar-refractivity contribution in [3.05, 3.63) is 72.3 Å². The molecular weight excluding hydrogens is 355 g/mol. The molecule has 0 atom stereocenters. The Bertz CT molecular complexity index is 966. The molecule has 2 aromatic carbocycles. The van der Waals surface area contributed by atoms with Gasteiger partial charge in [0.1, 0.15) is 0 Å². The summed E-state index contributed by atoms with van der Waals surface area (Å²) >= 11 is 0. The molecule has 0 saturated heterocycles. The SMILES string of the molecule is OCc1cncn1Cc1ccc(-c2ccccc2-c2nn[nH]n2)cc1.[K]. The third-order valence-electron chi connectivity index (χ3n) is 4.09. The molecule has 2 heterocycles. The zero-order valence-electron chi connectivity index (χ0n) is 14.4. The Hall–Kier alpha value is -1.68. The summed E-state index contributed by atoms with van der Waals surface area (Å²) in [5.41, 5.74) is 4.99. The van der Waals surface area contributed by atoms with Gasteiger partial charge in [0.2, 0.25) is 5.82 Å². The maximum absolute atomic E-state index is 9.32. The van der Waals surface area contributed by atoms with Gasteiger partial charge in [-0.1, -0.05) is 48.5 Å². The van der Waals surface area contributed by atoms with E-state index in [1.165, 1.54) is 0 Å². The van der Waals surface area contributed by atoms with Gasteiger partial charge in [0.05, 0.1) is 24.8 Å². The summed E-state index contributed by atoms with van der Waals surface area (Å²) < 4.78 is 1.93. The summed E-state index contributed by atoms with van der Waals surface area (Å²) in [4.78, 5) is 4.07. The summed E-state index contributed by atoms with van der Waals surface area (Å²) in [6, 6.07) is 16.3. The summed E-state index contributed by atoms with van der Waals surface area (Å²) in [6.45, 7) is 0.652. The van der Waals surface area contributed by atoms with Crippen LogP contribution in [-0.2, 0) is 13.2 Å². The number of aromatic nitrogens is 6. The summed E-state index contributed by atoms with van der Waals surface area (Å²) in [6.07, 6.45) is 3.40. The van der Waals surface area contributed by atoms with Gasteiger partial charge in [-0.25, -0.2) is 4.98 Å². The molecule has 4 rings (SSSR count).